The number of ketones is 2. The summed E-state index contributed by atoms with van der Waals surface area (Å²) in [6.45, 7) is 3.00. The van der Waals surface area contributed by atoms with Gasteiger partial charge < -0.3 is 20.1 Å². The van der Waals surface area contributed by atoms with E-state index in [0.29, 0.717) is 51.2 Å². The van der Waals surface area contributed by atoms with Gasteiger partial charge in [-0.3, -0.25) is 24.0 Å². The zero-order valence-electron chi connectivity index (χ0n) is 19.7. The molecule has 1 saturated carbocycles. The molecule has 186 valence electrons. The van der Waals surface area contributed by atoms with Gasteiger partial charge in [0.1, 0.15) is 18.0 Å². The standard InChI is InChI=1S/C25H34N2O7/c1-2-25(32)34-14-5-13-33-15-12-26-23(30)17-24(31)27-19-10-8-18(9-11-19)16-22(29)20-6-3-4-7-21(20)28/h8-11,20H,2-7,12-17H2,1H3,(H,26,30)(H,27,31). The van der Waals surface area contributed by atoms with E-state index < -0.39 is 17.7 Å². The van der Waals surface area contributed by atoms with Crippen molar-refractivity contribution in [1.29, 1.82) is 0 Å². The molecule has 1 aromatic carbocycles. The van der Waals surface area contributed by atoms with Crippen molar-refractivity contribution in [2.45, 2.75) is 58.3 Å². The Kier molecular flexibility index (Phi) is 12.0. The van der Waals surface area contributed by atoms with Crippen LogP contribution in [0, 0.1) is 5.92 Å². The van der Waals surface area contributed by atoms with Crippen molar-refractivity contribution in [2.75, 3.05) is 31.7 Å². The van der Waals surface area contributed by atoms with Gasteiger partial charge in [0.2, 0.25) is 11.8 Å². The predicted molar refractivity (Wildman–Crippen MR) is 125 cm³/mol. The SMILES string of the molecule is CCC(=O)OCCCOCCNC(=O)CC(=O)Nc1ccc(CC(=O)C2CCCCC2=O)cc1. The molecule has 9 heteroatoms. The lowest BCUT2D eigenvalue weighted by Gasteiger charge is -2.19. The number of nitrogens with one attached hydrogen (secondary N) is 2. The highest BCUT2D eigenvalue weighted by Gasteiger charge is 2.28. The van der Waals surface area contributed by atoms with Crippen molar-refractivity contribution in [2.24, 2.45) is 5.92 Å². The first kappa shape index (κ1) is 27.2. The highest BCUT2D eigenvalue weighted by Crippen LogP contribution is 2.23. The smallest absolute Gasteiger partial charge is 0.305 e. The topological polar surface area (TPSA) is 128 Å². The van der Waals surface area contributed by atoms with E-state index in [0.717, 1.165) is 18.4 Å². The predicted octanol–water partition coefficient (Wildman–Crippen LogP) is 2.36. The number of rotatable bonds is 14. The number of benzene rings is 1. The number of carbonyl (C=O) groups is 5. The van der Waals surface area contributed by atoms with Gasteiger partial charge in [0, 0.05) is 44.5 Å². The van der Waals surface area contributed by atoms with E-state index >= 15 is 0 Å². The molecule has 0 aliphatic heterocycles. The van der Waals surface area contributed by atoms with Gasteiger partial charge in [0.15, 0.2) is 0 Å². The number of ether oxygens (including phenoxy) is 2. The van der Waals surface area contributed by atoms with Crippen LogP contribution in [-0.4, -0.2) is 55.7 Å². The molecule has 9 nitrogen and oxygen atoms in total. The molecule has 2 rings (SSSR count). The Bertz CT molecular complexity index is 851. The van der Waals surface area contributed by atoms with Gasteiger partial charge in [-0.05, 0) is 30.5 Å². The highest BCUT2D eigenvalue weighted by molar-refractivity contribution is 6.04. The van der Waals surface area contributed by atoms with Crippen LogP contribution in [0.25, 0.3) is 0 Å². The number of amides is 2. The molecule has 1 aliphatic rings. The summed E-state index contributed by atoms with van der Waals surface area (Å²) >= 11 is 0. The zero-order chi connectivity index (χ0) is 24.8. The lowest BCUT2D eigenvalue weighted by Crippen LogP contribution is -2.30. The fourth-order valence-electron chi connectivity index (χ4n) is 3.58. The summed E-state index contributed by atoms with van der Waals surface area (Å²) < 4.78 is 10.3. The maximum absolute atomic E-state index is 12.4. The lowest BCUT2D eigenvalue weighted by atomic mass is 9.83. The van der Waals surface area contributed by atoms with E-state index in [9.17, 15) is 24.0 Å². The third kappa shape index (κ3) is 10.2. The van der Waals surface area contributed by atoms with Crippen LogP contribution < -0.4 is 10.6 Å². The molecule has 1 atom stereocenters. The van der Waals surface area contributed by atoms with Gasteiger partial charge in [0.25, 0.3) is 0 Å². The molecule has 1 aliphatic carbocycles. The highest BCUT2D eigenvalue weighted by atomic mass is 16.5. The Hall–Kier alpha value is -3.07. The Balaban J connectivity index is 1.60. The van der Waals surface area contributed by atoms with Crippen LogP contribution in [0.1, 0.15) is 57.4 Å². The summed E-state index contributed by atoms with van der Waals surface area (Å²) in [5.74, 6) is -1.61. The number of esters is 1. The lowest BCUT2D eigenvalue weighted by molar-refractivity contribution is -0.143. The fraction of sp³-hybridized carbons (Fsp3) is 0.560. The molecule has 34 heavy (non-hydrogen) atoms. The molecule has 0 bridgehead atoms. The second kappa shape index (κ2) is 15.0. The molecule has 1 fully saturated rings. The molecule has 0 saturated heterocycles. The zero-order valence-corrected chi connectivity index (χ0v) is 19.7. The average molecular weight is 475 g/mol. The number of Topliss-reactive ketones (excluding diaryl/α,β-unsaturated/α-hetero) is 2. The summed E-state index contributed by atoms with van der Waals surface area (Å²) in [6, 6.07) is 6.82. The van der Waals surface area contributed by atoms with E-state index in [1.165, 1.54) is 0 Å². The van der Waals surface area contributed by atoms with E-state index in [-0.39, 0.29) is 36.9 Å². The Morgan fingerprint density at radius 1 is 1.00 bits per heavy atom. The molecule has 0 spiro atoms. The second-order valence-corrected chi connectivity index (χ2v) is 8.22. The minimum absolute atomic E-state index is 0.0414. The summed E-state index contributed by atoms with van der Waals surface area (Å²) in [5, 5.41) is 5.26. The quantitative estimate of drug-likeness (QED) is 0.241. The van der Waals surface area contributed by atoms with Crippen LogP contribution in [0.4, 0.5) is 5.69 Å². The first-order valence-electron chi connectivity index (χ1n) is 11.8. The first-order valence-corrected chi connectivity index (χ1v) is 11.8. The van der Waals surface area contributed by atoms with Crippen molar-refractivity contribution in [3.8, 4) is 0 Å². The number of hydrogen-bond donors (Lipinski definition) is 2. The van der Waals surface area contributed by atoms with Crippen LogP contribution in [0.3, 0.4) is 0 Å². The Labute approximate surface area is 199 Å². The van der Waals surface area contributed by atoms with Crippen LogP contribution in [0.2, 0.25) is 0 Å². The summed E-state index contributed by atoms with van der Waals surface area (Å²) in [7, 11) is 0. The van der Waals surface area contributed by atoms with Crippen LogP contribution in [-0.2, 0) is 39.9 Å². The van der Waals surface area contributed by atoms with Crippen molar-refractivity contribution >= 4 is 35.0 Å². The Morgan fingerprint density at radius 2 is 1.76 bits per heavy atom. The minimum Gasteiger partial charge on any atom is -0.466 e. The normalized spacial score (nSPS) is 15.4. The number of carbonyl (C=O) groups excluding carboxylic acids is 5. The summed E-state index contributed by atoms with van der Waals surface area (Å²) in [5.41, 5.74) is 1.30. The molecule has 2 amide bonds. The molecule has 0 aromatic heterocycles. The van der Waals surface area contributed by atoms with Crippen LogP contribution in [0.5, 0.6) is 0 Å². The largest absolute Gasteiger partial charge is 0.466 e. The monoisotopic (exact) mass is 474 g/mol. The molecule has 2 N–H and O–H groups in total. The molecule has 1 unspecified atom stereocenters. The van der Waals surface area contributed by atoms with Crippen LogP contribution >= 0.6 is 0 Å². The van der Waals surface area contributed by atoms with Gasteiger partial charge in [0.05, 0.1) is 19.1 Å². The molecule has 1 aromatic rings. The maximum Gasteiger partial charge on any atom is 0.305 e. The minimum atomic E-state index is -0.484. The summed E-state index contributed by atoms with van der Waals surface area (Å²) in [4.78, 5) is 59.3. The molecule has 0 radical (unpaired) electrons. The Morgan fingerprint density at radius 3 is 2.47 bits per heavy atom. The maximum atomic E-state index is 12.4. The van der Waals surface area contributed by atoms with Gasteiger partial charge >= 0.3 is 5.97 Å². The van der Waals surface area contributed by atoms with E-state index in [4.69, 9.17) is 9.47 Å². The third-order valence-corrected chi connectivity index (χ3v) is 5.43. The van der Waals surface area contributed by atoms with E-state index in [2.05, 4.69) is 10.6 Å². The number of hydrogen-bond acceptors (Lipinski definition) is 7. The van der Waals surface area contributed by atoms with E-state index in [1.807, 2.05) is 0 Å². The molecular weight excluding hydrogens is 440 g/mol. The average Bonchev–Trinajstić information content (AvgIpc) is 2.82. The third-order valence-electron chi connectivity index (χ3n) is 5.43. The van der Waals surface area contributed by atoms with Gasteiger partial charge in [-0.25, -0.2) is 0 Å². The molecular formula is C25H34N2O7. The van der Waals surface area contributed by atoms with Crippen molar-refractivity contribution < 1.29 is 33.4 Å². The number of anilines is 1. The van der Waals surface area contributed by atoms with Gasteiger partial charge in [-0.15, -0.1) is 0 Å². The summed E-state index contributed by atoms with van der Waals surface area (Å²) in [6.07, 6.45) is 3.68. The van der Waals surface area contributed by atoms with Crippen molar-refractivity contribution in [3.05, 3.63) is 29.8 Å². The van der Waals surface area contributed by atoms with E-state index in [1.54, 1.807) is 31.2 Å². The van der Waals surface area contributed by atoms with Crippen LogP contribution in [0.15, 0.2) is 24.3 Å². The molecule has 0 heterocycles. The van der Waals surface area contributed by atoms with Gasteiger partial charge in [-0.1, -0.05) is 25.5 Å². The fourth-order valence-corrected chi connectivity index (χ4v) is 3.58. The second-order valence-electron chi connectivity index (χ2n) is 8.22. The van der Waals surface area contributed by atoms with Crippen molar-refractivity contribution in [3.63, 3.8) is 0 Å². The van der Waals surface area contributed by atoms with Gasteiger partial charge in [-0.2, -0.15) is 0 Å². The first-order chi connectivity index (χ1) is 16.4. The van der Waals surface area contributed by atoms with Crippen molar-refractivity contribution in [1.82, 2.24) is 5.32 Å².